The Morgan fingerprint density at radius 1 is 1.67 bits per heavy atom. The van der Waals surface area contributed by atoms with Crippen LogP contribution in [0.25, 0.3) is 0 Å². The van der Waals surface area contributed by atoms with E-state index in [1.807, 2.05) is 6.92 Å². The highest BCUT2D eigenvalue weighted by Gasteiger charge is 2.17. The van der Waals surface area contributed by atoms with Crippen LogP contribution in [0, 0.1) is 6.92 Å². The molecule has 0 amide bonds. The topological polar surface area (TPSA) is 50.3 Å². The van der Waals surface area contributed by atoms with Gasteiger partial charge in [0.2, 0.25) is 5.13 Å². The quantitative estimate of drug-likeness (QED) is 0.820. The highest BCUT2D eigenvalue weighted by molar-refractivity contribution is 7.09. The van der Waals surface area contributed by atoms with Gasteiger partial charge in [0.25, 0.3) is 0 Å². The van der Waals surface area contributed by atoms with Gasteiger partial charge in [0.1, 0.15) is 5.82 Å². The molecule has 5 nitrogen and oxygen atoms in total. The van der Waals surface area contributed by atoms with Crippen LogP contribution in [0.3, 0.4) is 0 Å². The van der Waals surface area contributed by atoms with E-state index >= 15 is 0 Å². The Balaban J connectivity index is 1.77. The normalized spacial score (nSPS) is 22.9. The van der Waals surface area contributed by atoms with Crippen molar-refractivity contribution >= 4 is 16.7 Å². The number of morpholine rings is 1. The van der Waals surface area contributed by atoms with Crippen LogP contribution in [0.1, 0.15) is 5.82 Å². The van der Waals surface area contributed by atoms with E-state index in [0.717, 1.165) is 37.2 Å². The number of hydrogen-bond acceptors (Lipinski definition) is 6. The van der Waals surface area contributed by atoms with Gasteiger partial charge in [-0.3, -0.25) is 0 Å². The molecule has 0 spiro atoms. The van der Waals surface area contributed by atoms with Gasteiger partial charge in [-0.1, -0.05) is 0 Å². The molecule has 0 bridgehead atoms. The highest BCUT2D eigenvalue weighted by atomic mass is 32.1. The van der Waals surface area contributed by atoms with Gasteiger partial charge in [0.15, 0.2) is 0 Å². The van der Waals surface area contributed by atoms with Crippen LogP contribution in [0.15, 0.2) is 0 Å². The molecule has 2 rings (SSSR count). The van der Waals surface area contributed by atoms with Crippen LogP contribution in [-0.4, -0.2) is 53.7 Å². The molecule has 1 aliphatic rings. The summed E-state index contributed by atoms with van der Waals surface area (Å²) in [6.07, 6.45) is 0.257. The molecule has 0 saturated carbocycles. The number of nitrogens with zero attached hydrogens (tertiary/aromatic N) is 3. The second kappa shape index (κ2) is 4.87. The summed E-state index contributed by atoms with van der Waals surface area (Å²) in [5.74, 6) is 0.823. The Morgan fingerprint density at radius 2 is 2.53 bits per heavy atom. The molecule has 1 aromatic heterocycles. The first kappa shape index (κ1) is 10.8. The number of ether oxygens (including phenoxy) is 1. The third-order valence-corrected chi connectivity index (χ3v) is 3.11. The van der Waals surface area contributed by atoms with Crippen molar-refractivity contribution in [3.8, 4) is 0 Å². The standard InChI is InChI=1S/C9H16N4OS/c1-7-11-9(15-12-7)10-5-8-6-13(2)3-4-14-8/h8H,3-6H2,1-2H3,(H,10,11,12). The lowest BCUT2D eigenvalue weighted by molar-refractivity contribution is -0.0117. The molecule has 2 heterocycles. The van der Waals surface area contributed by atoms with Gasteiger partial charge in [0, 0.05) is 31.2 Å². The molecular weight excluding hydrogens is 212 g/mol. The van der Waals surface area contributed by atoms with Gasteiger partial charge >= 0.3 is 0 Å². The number of anilines is 1. The van der Waals surface area contributed by atoms with Gasteiger partial charge in [-0.15, -0.1) is 0 Å². The number of aryl methyl sites for hydroxylation is 1. The van der Waals surface area contributed by atoms with Crippen molar-refractivity contribution in [2.75, 3.05) is 38.6 Å². The summed E-state index contributed by atoms with van der Waals surface area (Å²) in [5.41, 5.74) is 0. The highest BCUT2D eigenvalue weighted by Crippen LogP contribution is 2.11. The summed E-state index contributed by atoms with van der Waals surface area (Å²) >= 11 is 1.40. The maximum Gasteiger partial charge on any atom is 0.202 e. The zero-order valence-corrected chi connectivity index (χ0v) is 9.88. The fraction of sp³-hybridized carbons (Fsp3) is 0.778. The number of rotatable bonds is 3. The Bertz CT molecular complexity index is 317. The first-order valence-corrected chi connectivity index (χ1v) is 5.86. The summed E-state index contributed by atoms with van der Waals surface area (Å²) in [7, 11) is 2.12. The molecule has 1 fully saturated rings. The van der Waals surface area contributed by atoms with E-state index in [9.17, 15) is 0 Å². The van der Waals surface area contributed by atoms with Gasteiger partial charge in [-0.25, -0.2) is 4.98 Å². The molecular formula is C9H16N4OS. The average molecular weight is 228 g/mol. The molecule has 1 aromatic rings. The van der Waals surface area contributed by atoms with E-state index in [2.05, 4.69) is 26.6 Å². The van der Waals surface area contributed by atoms with E-state index in [1.54, 1.807) is 0 Å². The van der Waals surface area contributed by atoms with Crippen molar-refractivity contribution in [2.45, 2.75) is 13.0 Å². The largest absolute Gasteiger partial charge is 0.374 e. The summed E-state index contributed by atoms with van der Waals surface area (Å²) in [5, 5.41) is 4.13. The molecule has 0 aliphatic carbocycles. The Kier molecular flexibility index (Phi) is 3.50. The van der Waals surface area contributed by atoms with Crippen molar-refractivity contribution in [3.05, 3.63) is 5.82 Å². The minimum atomic E-state index is 0.257. The molecule has 1 saturated heterocycles. The monoisotopic (exact) mass is 228 g/mol. The molecule has 1 atom stereocenters. The first-order valence-electron chi connectivity index (χ1n) is 5.08. The minimum absolute atomic E-state index is 0.257. The minimum Gasteiger partial charge on any atom is -0.374 e. The SMILES string of the molecule is Cc1nsc(NCC2CN(C)CCO2)n1. The lowest BCUT2D eigenvalue weighted by Crippen LogP contribution is -2.43. The Morgan fingerprint density at radius 3 is 3.20 bits per heavy atom. The van der Waals surface area contributed by atoms with Crippen LogP contribution in [-0.2, 0) is 4.74 Å². The van der Waals surface area contributed by atoms with E-state index in [1.165, 1.54) is 11.5 Å². The number of hydrogen-bond donors (Lipinski definition) is 1. The van der Waals surface area contributed by atoms with Crippen molar-refractivity contribution in [1.82, 2.24) is 14.3 Å². The number of likely N-dealkylation sites (N-methyl/N-ethyl adjacent to an activating group) is 1. The summed E-state index contributed by atoms with van der Waals surface area (Å²) < 4.78 is 9.74. The third kappa shape index (κ3) is 3.12. The molecule has 0 radical (unpaired) electrons. The molecule has 1 aliphatic heterocycles. The smallest absolute Gasteiger partial charge is 0.202 e. The predicted molar refractivity (Wildman–Crippen MR) is 60.4 cm³/mol. The third-order valence-electron chi connectivity index (χ3n) is 2.35. The molecule has 84 valence electrons. The molecule has 1 N–H and O–H groups in total. The van der Waals surface area contributed by atoms with Crippen LogP contribution in [0.2, 0.25) is 0 Å². The average Bonchev–Trinajstić information content (AvgIpc) is 2.62. The fourth-order valence-corrected chi connectivity index (χ4v) is 2.14. The van der Waals surface area contributed by atoms with Crippen LogP contribution in [0.5, 0.6) is 0 Å². The van der Waals surface area contributed by atoms with Crippen molar-refractivity contribution in [3.63, 3.8) is 0 Å². The summed E-state index contributed by atoms with van der Waals surface area (Å²) in [6.45, 7) is 5.52. The van der Waals surface area contributed by atoms with Gasteiger partial charge in [-0.05, 0) is 14.0 Å². The second-order valence-corrected chi connectivity index (χ2v) is 4.53. The molecule has 6 heteroatoms. The van der Waals surface area contributed by atoms with Gasteiger partial charge in [0.05, 0.1) is 12.7 Å². The zero-order chi connectivity index (χ0) is 10.7. The number of nitrogens with one attached hydrogen (secondary N) is 1. The first-order chi connectivity index (χ1) is 7.24. The van der Waals surface area contributed by atoms with Gasteiger partial charge in [-0.2, -0.15) is 4.37 Å². The lowest BCUT2D eigenvalue weighted by Gasteiger charge is -2.29. The summed E-state index contributed by atoms with van der Waals surface area (Å²) in [6, 6.07) is 0. The van der Waals surface area contributed by atoms with Crippen LogP contribution in [0.4, 0.5) is 5.13 Å². The van der Waals surface area contributed by atoms with Crippen molar-refractivity contribution in [1.29, 1.82) is 0 Å². The van der Waals surface area contributed by atoms with Gasteiger partial charge < -0.3 is 15.0 Å². The second-order valence-electron chi connectivity index (χ2n) is 3.78. The fourth-order valence-electron chi connectivity index (χ4n) is 1.56. The lowest BCUT2D eigenvalue weighted by atomic mass is 10.3. The predicted octanol–water partition coefficient (Wildman–Crippen LogP) is 0.589. The molecule has 0 aromatic carbocycles. The van der Waals surface area contributed by atoms with Crippen LogP contribution >= 0.6 is 11.5 Å². The Labute approximate surface area is 93.6 Å². The van der Waals surface area contributed by atoms with Crippen molar-refractivity contribution in [2.24, 2.45) is 0 Å². The molecule has 1 unspecified atom stereocenters. The summed E-state index contributed by atoms with van der Waals surface area (Å²) in [4.78, 5) is 6.52. The van der Waals surface area contributed by atoms with E-state index in [-0.39, 0.29) is 6.10 Å². The van der Waals surface area contributed by atoms with Crippen LogP contribution < -0.4 is 5.32 Å². The van der Waals surface area contributed by atoms with E-state index < -0.39 is 0 Å². The van der Waals surface area contributed by atoms with E-state index in [0.29, 0.717) is 0 Å². The number of aromatic nitrogens is 2. The van der Waals surface area contributed by atoms with Crippen molar-refractivity contribution < 1.29 is 4.74 Å². The zero-order valence-electron chi connectivity index (χ0n) is 9.06. The molecule has 15 heavy (non-hydrogen) atoms. The van der Waals surface area contributed by atoms with E-state index in [4.69, 9.17) is 4.74 Å². The maximum absolute atomic E-state index is 5.63. The Hall–Kier alpha value is -0.720. The maximum atomic E-state index is 5.63.